The van der Waals surface area contributed by atoms with Crippen LogP contribution in [0.3, 0.4) is 0 Å². The summed E-state index contributed by atoms with van der Waals surface area (Å²) in [5.41, 5.74) is 2.23. The minimum absolute atomic E-state index is 0.646. The molecule has 0 radical (unpaired) electrons. The largest absolute Gasteiger partial charge is 0.493 e. The van der Waals surface area contributed by atoms with E-state index in [0.717, 1.165) is 48.3 Å². The van der Waals surface area contributed by atoms with Gasteiger partial charge in [-0.05, 0) is 67.4 Å². The van der Waals surface area contributed by atoms with Gasteiger partial charge in [0, 0.05) is 16.7 Å². The number of hydrogen-bond donors (Lipinski definition) is 2. The van der Waals surface area contributed by atoms with Gasteiger partial charge in [0.2, 0.25) is 0 Å². The highest BCUT2D eigenvalue weighted by molar-refractivity contribution is 9.10. The summed E-state index contributed by atoms with van der Waals surface area (Å²) in [5, 5.41) is 7.07. The fourth-order valence-electron chi connectivity index (χ4n) is 2.25. The number of aryl methyl sites for hydroxylation is 1. The minimum atomic E-state index is 0.646. The molecule has 24 heavy (non-hydrogen) atoms. The van der Waals surface area contributed by atoms with Crippen LogP contribution >= 0.6 is 28.1 Å². The maximum absolute atomic E-state index is 5.79. The highest BCUT2D eigenvalue weighted by Gasteiger charge is 2.03. The van der Waals surface area contributed by atoms with Gasteiger partial charge in [-0.2, -0.15) is 0 Å². The van der Waals surface area contributed by atoms with Crippen LogP contribution in [0.1, 0.15) is 25.3 Å². The van der Waals surface area contributed by atoms with Crippen molar-refractivity contribution in [3.8, 4) is 5.75 Å². The van der Waals surface area contributed by atoms with E-state index in [4.69, 9.17) is 17.0 Å². The van der Waals surface area contributed by atoms with Gasteiger partial charge in [0.15, 0.2) is 5.11 Å². The lowest BCUT2D eigenvalue weighted by molar-refractivity contribution is 0.314. The van der Waals surface area contributed by atoms with Crippen LogP contribution in [0.2, 0.25) is 0 Å². The lowest BCUT2D eigenvalue weighted by Gasteiger charge is -2.12. The van der Waals surface area contributed by atoms with E-state index in [9.17, 15) is 0 Å². The van der Waals surface area contributed by atoms with E-state index in [1.807, 2.05) is 36.4 Å². The van der Waals surface area contributed by atoms with Crippen molar-refractivity contribution in [2.45, 2.75) is 26.2 Å². The molecule has 0 fully saturated rings. The molecule has 3 nitrogen and oxygen atoms in total. The van der Waals surface area contributed by atoms with Crippen LogP contribution in [0.25, 0.3) is 0 Å². The Hall–Kier alpha value is -1.59. The summed E-state index contributed by atoms with van der Waals surface area (Å²) in [7, 11) is 0. The van der Waals surface area contributed by atoms with Crippen molar-refractivity contribution in [1.29, 1.82) is 0 Å². The Morgan fingerprint density at radius 1 is 1.12 bits per heavy atom. The fourth-order valence-corrected chi connectivity index (χ4v) is 2.74. The van der Waals surface area contributed by atoms with Gasteiger partial charge in [-0.1, -0.05) is 41.1 Å². The Bertz CT molecular complexity index is 646. The first kappa shape index (κ1) is 18.7. The lowest BCUT2D eigenvalue weighted by Crippen LogP contribution is -2.29. The predicted molar refractivity (Wildman–Crippen MR) is 109 cm³/mol. The first-order valence-electron chi connectivity index (χ1n) is 8.20. The average molecular weight is 407 g/mol. The normalized spacial score (nSPS) is 10.2. The number of thiocarbonyl (C=S) groups is 1. The molecule has 0 aliphatic carbocycles. The van der Waals surface area contributed by atoms with Crippen molar-refractivity contribution in [3.63, 3.8) is 0 Å². The Morgan fingerprint density at radius 2 is 1.88 bits per heavy atom. The quantitative estimate of drug-likeness (QED) is 0.468. The number of anilines is 1. The molecule has 128 valence electrons. The van der Waals surface area contributed by atoms with Crippen molar-refractivity contribution in [3.05, 3.63) is 58.6 Å². The van der Waals surface area contributed by atoms with E-state index < -0.39 is 0 Å². The molecule has 0 heterocycles. The van der Waals surface area contributed by atoms with Gasteiger partial charge in [0.1, 0.15) is 5.75 Å². The smallest absolute Gasteiger partial charge is 0.170 e. The summed E-state index contributed by atoms with van der Waals surface area (Å²) in [4.78, 5) is 0. The SMILES string of the molecule is CCCOc1ccccc1CCCNC(=S)Nc1ccc(Br)cc1. The molecule has 0 bridgehead atoms. The number of halogens is 1. The van der Waals surface area contributed by atoms with Gasteiger partial charge in [-0.3, -0.25) is 0 Å². The molecule has 2 rings (SSSR count). The second-order valence-electron chi connectivity index (χ2n) is 5.45. The number of hydrogen-bond acceptors (Lipinski definition) is 2. The summed E-state index contributed by atoms with van der Waals surface area (Å²) < 4.78 is 6.84. The van der Waals surface area contributed by atoms with E-state index >= 15 is 0 Å². The first-order valence-corrected chi connectivity index (χ1v) is 9.40. The second-order valence-corrected chi connectivity index (χ2v) is 6.77. The van der Waals surface area contributed by atoms with Crippen molar-refractivity contribution in [2.24, 2.45) is 0 Å². The van der Waals surface area contributed by atoms with E-state index in [1.165, 1.54) is 5.56 Å². The second kappa shape index (κ2) is 10.3. The van der Waals surface area contributed by atoms with Gasteiger partial charge in [0.05, 0.1) is 6.61 Å². The molecule has 0 atom stereocenters. The monoisotopic (exact) mass is 406 g/mol. The molecule has 0 saturated carbocycles. The molecule has 0 unspecified atom stereocenters. The van der Waals surface area contributed by atoms with Crippen LogP contribution in [0, 0.1) is 0 Å². The molecule has 2 aromatic carbocycles. The number of para-hydroxylation sites is 1. The van der Waals surface area contributed by atoms with Crippen LogP contribution in [0.4, 0.5) is 5.69 Å². The summed E-state index contributed by atoms with van der Waals surface area (Å²) in [6.45, 7) is 3.70. The van der Waals surface area contributed by atoms with Gasteiger partial charge >= 0.3 is 0 Å². The predicted octanol–water partition coefficient (Wildman–Crippen LogP) is 5.16. The van der Waals surface area contributed by atoms with Crippen LogP contribution in [0.5, 0.6) is 5.75 Å². The molecule has 0 saturated heterocycles. The van der Waals surface area contributed by atoms with Gasteiger partial charge in [0.25, 0.3) is 0 Å². The topological polar surface area (TPSA) is 33.3 Å². The van der Waals surface area contributed by atoms with E-state index in [1.54, 1.807) is 0 Å². The van der Waals surface area contributed by atoms with Crippen molar-refractivity contribution < 1.29 is 4.74 Å². The Balaban J connectivity index is 1.72. The molecule has 5 heteroatoms. The highest BCUT2D eigenvalue weighted by atomic mass is 79.9. The number of benzene rings is 2. The van der Waals surface area contributed by atoms with Crippen molar-refractivity contribution in [2.75, 3.05) is 18.5 Å². The third-order valence-electron chi connectivity index (χ3n) is 3.44. The summed E-state index contributed by atoms with van der Waals surface area (Å²) in [5.74, 6) is 0.995. The number of rotatable bonds is 8. The molecule has 0 aromatic heterocycles. The van der Waals surface area contributed by atoms with E-state index in [-0.39, 0.29) is 0 Å². The fraction of sp³-hybridized carbons (Fsp3) is 0.316. The van der Waals surface area contributed by atoms with E-state index in [2.05, 4.69) is 45.6 Å². The van der Waals surface area contributed by atoms with E-state index in [0.29, 0.717) is 5.11 Å². The molecule has 0 spiro atoms. The summed E-state index contributed by atoms with van der Waals surface area (Å²) in [6.07, 6.45) is 2.98. The number of nitrogens with one attached hydrogen (secondary N) is 2. The highest BCUT2D eigenvalue weighted by Crippen LogP contribution is 2.19. The van der Waals surface area contributed by atoms with Gasteiger partial charge in [-0.15, -0.1) is 0 Å². The third kappa shape index (κ3) is 6.49. The summed E-state index contributed by atoms with van der Waals surface area (Å²) in [6, 6.07) is 16.2. The zero-order valence-corrected chi connectivity index (χ0v) is 16.3. The van der Waals surface area contributed by atoms with Gasteiger partial charge in [-0.25, -0.2) is 0 Å². The Labute approximate surface area is 157 Å². The van der Waals surface area contributed by atoms with Crippen LogP contribution < -0.4 is 15.4 Å². The Kier molecular flexibility index (Phi) is 8.05. The van der Waals surface area contributed by atoms with Crippen molar-refractivity contribution in [1.82, 2.24) is 5.32 Å². The zero-order valence-electron chi connectivity index (χ0n) is 13.8. The molecule has 2 N–H and O–H groups in total. The molecular formula is C19H23BrN2OS. The standard InChI is InChI=1S/C19H23BrN2OS/c1-2-14-23-18-8-4-3-6-15(18)7-5-13-21-19(24)22-17-11-9-16(20)10-12-17/h3-4,6,8-12H,2,5,7,13-14H2,1H3,(H2,21,22,24). The van der Waals surface area contributed by atoms with Crippen LogP contribution in [-0.2, 0) is 6.42 Å². The van der Waals surface area contributed by atoms with Crippen LogP contribution in [-0.4, -0.2) is 18.3 Å². The lowest BCUT2D eigenvalue weighted by atomic mass is 10.1. The molecule has 0 aliphatic heterocycles. The third-order valence-corrected chi connectivity index (χ3v) is 4.22. The average Bonchev–Trinajstić information content (AvgIpc) is 2.60. The van der Waals surface area contributed by atoms with Crippen molar-refractivity contribution >= 4 is 38.9 Å². The first-order chi connectivity index (χ1) is 11.7. The van der Waals surface area contributed by atoms with Crippen LogP contribution in [0.15, 0.2) is 53.0 Å². The molecule has 0 amide bonds. The maximum atomic E-state index is 5.79. The Morgan fingerprint density at radius 3 is 2.62 bits per heavy atom. The molecular weight excluding hydrogens is 384 g/mol. The maximum Gasteiger partial charge on any atom is 0.170 e. The summed E-state index contributed by atoms with van der Waals surface area (Å²) >= 11 is 8.74. The molecule has 2 aromatic rings. The van der Waals surface area contributed by atoms with Gasteiger partial charge < -0.3 is 15.4 Å². The molecule has 0 aliphatic rings. The zero-order chi connectivity index (χ0) is 17.2. The minimum Gasteiger partial charge on any atom is -0.493 e. The number of ether oxygens (including phenoxy) is 1.